The molecule has 0 spiro atoms. The first-order valence-electron chi connectivity index (χ1n) is 16.1. The Bertz CT molecular complexity index is 2430. The van der Waals surface area contributed by atoms with Gasteiger partial charge in [0.25, 0.3) is 0 Å². The fourth-order valence-electron chi connectivity index (χ4n) is 8.06. The lowest BCUT2D eigenvalue weighted by Gasteiger charge is -2.32. The van der Waals surface area contributed by atoms with Crippen molar-refractivity contribution >= 4 is 70.1 Å². The minimum absolute atomic E-state index is 0.0129. The average molecular weight is 596 g/mol. The molecular formula is C43H33NS. The number of anilines is 3. The molecule has 7 aromatic carbocycles. The normalized spacial score (nSPS) is 13.5. The van der Waals surface area contributed by atoms with Gasteiger partial charge in [-0.25, -0.2) is 0 Å². The Labute approximate surface area is 268 Å². The summed E-state index contributed by atoms with van der Waals surface area (Å²) in [4.78, 5) is 2.49. The summed E-state index contributed by atoms with van der Waals surface area (Å²) in [5.41, 5.74) is 9.27. The lowest BCUT2D eigenvalue weighted by molar-refractivity contribution is 0.490. The van der Waals surface area contributed by atoms with E-state index >= 15 is 0 Å². The number of hydrogen-bond acceptors (Lipinski definition) is 2. The number of benzene rings is 7. The number of nitrogens with zero attached hydrogens (tertiary/aromatic N) is 1. The van der Waals surface area contributed by atoms with Crippen molar-refractivity contribution in [2.45, 2.75) is 32.1 Å². The molecule has 0 amide bonds. The zero-order chi connectivity index (χ0) is 30.1. The fourth-order valence-corrected chi connectivity index (χ4v) is 9.29. The van der Waals surface area contributed by atoms with E-state index in [4.69, 9.17) is 0 Å². The van der Waals surface area contributed by atoms with E-state index in [-0.39, 0.29) is 5.41 Å². The third kappa shape index (κ3) is 3.79. The van der Waals surface area contributed by atoms with Crippen LogP contribution in [0.1, 0.15) is 37.8 Å². The lowest BCUT2D eigenvalue weighted by atomic mass is 9.74. The maximum Gasteiger partial charge on any atom is 0.0540 e. The molecule has 8 aromatic rings. The molecule has 9 rings (SSSR count). The Morgan fingerprint density at radius 1 is 0.511 bits per heavy atom. The number of rotatable bonds is 5. The second-order valence-electron chi connectivity index (χ2n) is 12.3. The van der Waals surface area contributed by atoms with Crippen LogP contribution in [-0.4, -0.2) is 0 Å². The largest absolute Gasteiger partial charge is 0.310 e. The van der Waals surface area contributed by atoms with Crippen molar-refractivity contribution < 1.29 is 0 Å². The Kier molecular flexibility index (Phi) is 5.92. The minimum Gasteiger partial charge on any atom is -0.310 e. The van der Waals surface area contributed by atoms with Crippen LogP contribution in [0.2, 0.25) is 0 Å². The monoisotopic (exact) mass is 595 g/mol. The molecular weight excluding hydrogens is 563 g/mol. The van der Waals surface area contributed by atoms with E-state index in [0.717, 1.165) is 12.8 Å². The van der Waals surface area contributed by atoms with Gasteiger partial charge >= 0.3 is 0 Å². The SMILES string of the molecule is CCC1(CC)c2ccccc2-c2ccc(N(c3ccc4ccccc4c3)c3cccc4c3ccc3c5ccccc5sc43)cc21. The maximum absolute atomic E-state index is 2.49. The van der Waals surface area contributed by atoms with E-state index in [1.807, 2.05) is 11.3 Å². The van der Waals surface area contributed by atoms with Crippen molar-refractivity contribution in [3.8, 4) is 11.1 Å². The molecule has 1 heterocycles. The minimum atomic E-state index is 0.0129. The van der Waals surface area contributed by atoms with Crippen LogP contribution in [0.4, 0.5) is 17.1 Å². The summed E-state index contributed by atoms with van der Waals surface area (Å²) in [5.74, 6) is 0. The zero-order valence-corrected chi connectivity index (χ0v) is 26.4. The number of thiophene rings is 1. The third-order valence-electron chi connectivity index (χ3n) is 10.3. The molecule has 45 heavy (non-hydrogen) atoms. The first kappa shape index (κ1) is 26.5. The average Bonchev–Trinajstić information content (AvgIpc) is 3.62. The van der Waals surface area contributed by atoms with Gasteiger partial charge in [-0.2, -0.15) is 0 Å². The predicted molar refractivity (Wildman–Crippen MR) is 196 cm³/mol. The summed E-state index contributed by atoms with van der Waals surface area (Å²) in [6.07, 6.45) is 2.15. The number of hydrogen-bond donors (Lipinski definition) is 0. The van der Waals surface area contributed by atoms with Gasteiger partial charge in [0, 0.05) is 47.7 Å². The third-order valence-corrected chi connectivity index (χ3v) is 11.5. The van der Waals surface area contributed by atoms with Crippen LogP contribution in [0.25, 0.3) is 52.8 Å². The molecule has 0 saturated heterocycles. The molecule has 216 valence electrons. The summed E-state index contributed by atoms with van der Waals surface area (Å²) in [6, 6.07) is 52.1. The van der Waals surface area contributed by atoms with Gasteiger partial charge in [0.1, 0.15) is 0 Å². The van der Waals surface area contributed by atoms with E-state index in [1.54, 1.807) is 0 Å². The van der Waals surface area contributed by atoms with Gasteiger partial charge in [0.05, 0.1) is 5.69 Å². The molecule has 0 unspecified atom stereocenters. The smallest absolute Gasteiger partial charge is 0.0540 e. The van der Waals surface area contributed by atoms with Crippen molar-refractivity contribution in [2.24, 2.45) is 0 Å². The topological polar surface area (TPSA) is 3.24 Å². The van der Waals surface area contributed by atoms with E-state index in [0.29, 0.717) is 0 Å². The highest BCUT2D eigenvalue weighted by Gasteiger charge is 2.40. The molecule has 1 aliphatic rings. The van der Waals surface area contributed by atoms with Crippen molar-refractivity contribution in [1.82, 2.24) is 0 Å². The molecule has 2 heteroatoms. The first-order valence-corrected chi connectivity index (χ1v) is 16.9. The van der Waals surface area contributed by atoms with Gasteiger partial charge in [-0.3, -0.25) is 0 Å². The predicted octanol–water partition coefficient (Wildman–Crippen LogP) is 12.9. The van der Waals surface area contributed by atoms with E-state index < -0.39 is 0 Å². The van der Waals surface area contributed by atoms with Crippen LogP contribution >= 0.6 is 11.3 Å². The first-order chi connectivity index (χ1) is 22.2. The van der Waals surface area contributed by atoms with Crippen molar-refractivity contribution in [1.29, 1.82) is 0 Å². The highest BCUT2D eigenvalue weighted by Crippen LogP contribution is 2.54. The Balaban J connectivity index is 1.32. The molecule has 0 N–H and O–H groups in total. The molecule has 0 aliphatic heterocycles. The highest BCUT2D eigenvalue weighted by molar-refractivity contribution is 7.26. The molecule has 0 radical (unpaired) electrons. The number of fused-ring (bicyclic) bond motifs is 9. The van der Waals surface area contributed by atoms with Gasteiger partial charge in [-0.05, 0) is 82.3 Å². The van der Waals surface area contributed by atoms with Crippen LogP contribution in [0, 0.1) is 0 Å². The van der Waals surface area contributed by atoms with Gasteiger partial charge in [-0.1, -0.05) is 117 Å². The Morgan fingerprint density at radius 3 is 2.07 bits per heavy atom. The van der Waals surface area contributed by atoms with Gasteiger partial charge in [0.15, 0.2) is 0 Å². The van der Waals surface area contributed by atoms with Crippen LogP contribution < -0.4 is 4.90 Å². The van der Waals surface area contributed by atoms with E-state index in [9.17, 15) is 0 Å². The molecule has 0 fully saturated rings. The Hall–Kier alpha value is -4.92. The second kappa shape index (κ2) is 10.1. The zero-order valence-electron chi connectivity index (χ0n) is 25.5. The van der Waals surface area contributed by atoms with Gasteiger partial charge in [0.2, 0.25) is 0 Å². The summed E-state index contributed by atoms with van der Waals surface area (Å²) in [6.45, 7) is 4.70. The van der Waals surface area contributed by atoms with Gasteiger partial charge in [-0.15, -0.1) is 11.3 Å². The summed E-state index contributed by atoms with van der Waals surface area (Å²) in [5, 5.41) is 7.75. The molecule has 1 aromatic heterocycles. The van der Waals surface area contributed by atoms with Crippen LogP contribution in [0.15, 0.2) is 140 Å². The standard InChI is InChI=1S/C43H33NS/c1-3-43(4-2)38-17-9-7-14-32(38)33-23-22-31(27-39(33)43)44(30-21-20-28-12-5-6-13-29(28)26-30)40-18-11-16-36-34(40)24-25-37-35-15-8-10-19-41(35)45-42(36)37/h5-27H,3-4H2,1-2H3. The van der Waals surface area contributed by atoms with E-state index in [1.165, 1.54) is 81.0 Å². The molecule has 0 atom stereocenters. The second-order valence-corrected chi connectivity index (χ2v) is 13.4. The van der Waals surface area contributed by atoms with Crippen molar-refractivity contribution in [2.75, 3.05) is 4.90 Å². The van der Waals surface area contributed by atoms with Crippen LogP contribution in [0.3, 0.4) is 0 Å². The highest BCUT2D eigenvalue weighted by atomic mass is 32.1. The molecule has 1 aliphatic carbocycles. The van der Waals surface area contributed by atoms with E-state index in [2.05, 4.69) is 158 Å². The maximum atomic E-state index is 2.49. The van der Waals surface area contributed by atoms with Gasteiger partial charge < -0.3 is 4.90 Å². The lowest BCUT2D eigenvalue weighted by Crippen LogP contribution is -2.23. The molecule has 0 saturated carbocycles. The summed E-state index contributed by atoms with van der Waals surface area (Å²) in [7, 11) is 0. The summed E-state index contributed by atoms with van der Waals surface area (Å²) < 4.78 is 2.69. The fraction of sp³-hybridized carbons (Fsp3) is 0.116. The van der Waals surface area contributed by atoms with Crippen LogP contribution in [0.5, 0.6) is 0 Å². The molecule has 1 nitrogen and oxygen atoms in total. The Morgan fingerprint density at radius 2 is 1.18 bits per heavy atom. The van der Waals surface area contributed by atoms with Crippen LogP contribution in [-0.2, 0) is 5.41 Å². The quantitative estimate of drug-likeness (QED) is 0.191. The molecule has 0 bridgehead atoms. The van der Waals surface area contributed by atoms with Crippen molar-refractivity contribution in [3.05, 3.63) is 151 Å². The van der Waals surface area contributed by atoms with Crippen molar-refractivity contribution in [3.63, 3.8) is 0 Å². The summed E-state index contributed by atoms with van der Waals surface area (Å²) >= 11 is 1.90.